The number of carbonyl (C=O) groups is 3. The first-order valence-electron chi connectivity index (χ1n) is 14.3. The highest BCUT2D eigenvalue weighted by Gasteiger charge is 2.36. The fraction of sp³-hybridized carbons (Fsp3) is 0.700. The molecule has 1 rings (SSSR count). The fourth-order valence-corrected chi connectivity index (χ4v) is 4.69. The van der Waals surface area contributed by atoms with Gasteiger partial charge in [-0.25, -0.2) is 4.79 Å². The molecule has 2 unspecified atom stereocenters. The van der Waals surface area contributed by atoms with Crippen LogP contribution in [0.3, 0.4) is 0 Å². The van der Waals surface area contributed by atoms with Gasteiger partial charge >= 0.3 is 6.09 Å². The summed E-state index contributed by atoms with van der Waals surface area (Å²) in [6.07, 6.45) is 8.31. The lowest BCUT2D eigenvalue weighted by Gasteiger charge is -2.35. The summed E-state index contributed by atoms with van der Waals surface area (Å²) in [6, 6.07) is 3.29. The Hall–Kier alpha value is -2.42. The van der Waals surface area contributed by atoms with Crippen LogP contribution in [0.5, 0.6) is 5.75 Å². The van der Waals surface area contributed by atoms with Gasteiger partial charge in [0.25, 0.3) is 0 Å². The highest BCUT2D eigenvalue weighted by molar-refractivity contribution is 7.98. The van der Waals surface area contributed by atoms with Gasteiger partial charge in [-0.2, -0.15) is 11.8 Å². The number of benzene rings is 1. The van der Waals surface area contributed by atoms with Gasteiger partial charge in [0.15, 0.2) is 0 Å². The lowest BCUT2D eigenvalue weighted by molar-refractivity contribution is -0.142. The van der Waals surface area contributed by atoms with Crippen molar-refractivity contribution in [1.29, 1.82) is 0 Å². The minimum atomic E-state index is -0.891. The van der Waals surface area contributed by atoms with Crippen molar-refractivity contribution in [3.8, 4) is 5.75 Å². The van der Waals surface area contributed by atoms with Crippen LogP contribution in [0.1, 0.15) is 103 Å². The van der Waals surface area contributed by atoms with E-state index in [4.69, 9.17) is 4.74 Å². The number of phenolic OH excluding ortho intramolecular Hbond substituents is 1. The van der Waals surface area contributed by atoms with E-state index < -0.39 is 23.8 Å². The number of nitrogens with zero attached hydrogens (tertiary/aromatic N) is 1. The third-order valence-corrected chi connectivity index (χ3v) is 6.96. The Kier molecular flexibility index (Phi) is 16.0. The molecule has 8 nitrogen and oxygen atoms in total. The van der Waals surface area contributed by atoms with Crippen molar-refractivity contribution in [3.05, 3.63) is 29.3 Å². The van der Waals surface area contributed by atoms with Crippen molar-refractivity contribution in [2.45, 2.75) is 111 Å². The number of alkyl carbamates (subject to hydrolysis) is 1. The molecule has 0 saturated heterocycles. The van der Waals surface area contributed by atoms with E-state index in [-0.39, 0.29) is 17.6 Å². The summed E-state index contributed by atoms with van der Waals surface area (Å²) in [6.45, 7) is 12.2. The van der Waals surface area contributed by atoms with Crippen LogP contribution in [0.15, 0.2) is 18.2 Å². The molecule has 0 bridgehead atoms. The second-order valence-electron chi connectivity index (χ2n) is 11.0. The number of aromatic hydroxyl groups is 1. The van der Waals surface area contributed by atoms with Gasteiger partial charge in [-0.15, -0.1) is 0 Å². The smallest absolute Gasteiger partial charge is 0.408 e. The minimum absolute atomic E-state index is 0.131. The van der Waals surface area contributed by atoms with Gasteiger partial charge in [0, 0.05) is 13.1 Å². The van der Waals surface area contributed by atoms with E-state index >= 15 is 0 Å². The number of carbonyl (C=O) groups excluding carboxylic acids is 3. The second kappa shape index (κ2) is 18.0. The van der Waals surface area contributed by atoms with Gasteiger partial charge in [-0.1, -0.05) is 52.0 Å². The number of thioether (sulfide) groups is 1. The molecule has 2 atom stereocenters. The lowest BCUT2D eigenvalue weighted by atomic mass is 9.99. The van der Waals surface area contributed by atoms with Crippen molar-refractivity contribution in [1.82, 2.24) is 15.5 Å². The molecular weight excluding hydrogens is 514 g/mol. The van der Waals surface area contributed by atoms with Crippen LogP contribution >= 0.6 is 11.8 Å². The first kappa shape index (κ1) is 34.6. The second-order valence-corrected chi connectivity index (χ2v) is 12.0. The van der Waals surface area contributed by atoms with E-state index in [0.29, 0.717) is 36.4 Å². The Morgan fingerprint density at radius 1 is 1.05 bits per heavy atom. The Labute approximate surface area is 240 Å². The quantitative estimate of drug-likeness (QED) is 0.197. The van der Waals surface area contributed by atoms with Gasteiger partial charge in [0.05, 0.1) is 0 Å². The molecule has 0 aliphatic rings. The standard InChI is InChI=1S/C30H51N3O5S/c1-8-10-12-14-19-33(28(36)24(17-20-39-7)32-29(37)38-30(4,5)6)26(27(35)31-18-13-11-9-2)23-15-16-25(34)22(3)21-23/h15-16,21,24,26,34H,8-14,17-20H2,1-7H3,(H,31,35)(H,32,37). The number of amides is 3. The highest BCUT2D eigenvalue weighted by atomic mass is 32.2. The zero-order valence-corrected chi connectivity index (χ0v) is 25.9. The van der Waals surface area contributed by atoms with Crippen LogP contribution < -0.4 is 10.6 Å². The summed E-state index contributed by atoms with van der Waals surface area (Å²) in [4.78, 5) is 42.2. The number of nitrogens with one attached hydrogen (secondary N) is 2. The first-order valence-corrected chi connectivity index (χ1v) is 15.7. The average molecular weight is 566 g/mol. The molecular formula is C30H51N3O5S. The van der Waals surface area contributed by atoms with Gasteiger partial charge in [-0.3, -0.25) is 9.59 Å². The molecule has 3 amide bonds. The maximum atomic E-state index is 14.2. The zero-order chi connectivity index (χ0) is 29.4. The average Bonchev–Trinajstić information content (AvgIpc) is 2.86. The number of hydrogen-bond donors (Lipinski definition) is 3. The maximum Gasteiger partial charge on any atom is 0.408 e. The van der Waals surface area contributed by atoms with E-state index in [2.05, 4.69) is 24.5 Å². The predicted octanol–water partition coefficient (Wildman–Crippen LogP) is 6.10. The van der Waals surface area contributed by atoms with Gasteiger partial charge in [0.1, 0.15) is 23.4 Å². The number of aryl methyl sites for hydroxylation is 1. The van der Waals surface area contributed by atoms with Crippen molar-refractivity contribution in [3.63, 3.8) is 0 Å². The number of rotatable bonds is 17. The summed E-state index contributed by atoms with van der Waals surface area (Å²) < 4.78 is 5.45. The Bertz CT molecular complexity index is 903. The normalized spacial score (nSPS) is 12.9. The summed E-state index contributed by atoms with van der Waals surface area (Å²) in [5.74, 6) is 0.208. The molecule has 0 aliphatic carbocycles. The van der Waals surface area contributed by atoms with Crippen molar-refractivity contribution in [2.75, 3.05) is 25.1 Å². The molecule has 1 aromatic carbocycles. The van der Waals surface area contributed by atoms with Crippen LogP contribution in [0.2, 0.25) is 0 Å². The predicted molar refractivity (Wildman–Crippen MR) is 160 cm³/mol. The summed E-state index contributed by atoms with van der Waals surface area (Å²) >= 11 is 1.58. The van der Waals surface area contributed by atoms with Crippen molar-refractivity contribution >= 4 is 29.7 Å². The van der Waals surface area contributed by atoms with Crippen LogP contribution in [0.4, 0.5) is 4.79 Å². The summed E-state index contributed by atoms with van der Waals surface area (Å²) in [5.41, 5.74) is 0.546. The van der Waals surface area contributed by atoms with Crippen LogP contribution in [0, 0.1) is 6.92 Å². The molecule has 1 aromatic rings. The maximum absolute atomic E-state index is 14.2. The van der Waals surface area contributed by atoms with E-state index in [9.17, 15) is 19.5 Å². The summed E-state index contributed by atoms with van der Waals surface area (Å²) in [5, 5.41) is 16.0. The summed E-state index contributed by atoms with van der Waals surface area (Å²) in [7, 11) is 0. The van der Waals surface area contributed by atoms with Crippen LogP contribution in [-0.4, -0.2) is 64.7 Å². The van der Waals surface area contributed by atoms with E-state index in [0.717, 1.165) is 44.9 Å². The van der Waals surface area contributed by atoms with E-state index in [1.54, 1.807) is 62.6 Å². The molecule has 0 saturated carbocycles. The van der Waals surface area contributed by atoms with Gasteiger partial charge < -0.3 is 25.4 Å². The third-order valence-electron chi connectivity index (χ3n) is 6.31. The first-order chi connectivity index (χ1) is 18.4. The van der Waals surface area contributed by atoms with Crippen molar-refractivity contribution in [2.24, 2.45) is 0 Å². The third kappa shape index (κ3) is 13.0. The lowest BCUT2D eigenvalue weighted by Crippen LogP contribution is -2.53. The van der Waals surface area contributed by atoms with Gasteiger partial charge in [0.2, 0.25) is 11.8 Å². The Morgan fingerprint density at radius 3 is 2.31 bits per heavy atom. The van der Waals surface area contributed by atoms with Crippen LogP contribution in [-0.2, 0) is 14.3 Å². The molecule has 0 radical (unpaired) electrons. The number of ether oxygens (including phenoxy) is 1. The molecule has 0 heterocycles. The molecule has 0 aromatic heterocycles. The molecule has 222 valence electrons. The van der Waals surface area contributed by atoms with Gasteiger partial charge in [-0.05, 0) is 82.2 Å². The SMILES string of the molecule is CCCCCCN(C(=O)C(CCSC)NC(=O)OC(C)(C)C)C(C(=O)NCCCCC)c1ccc(O)c(C)c1. The molecule has 0 aliphatic heterocycles. The number of unbranched alkanes of at least 4 members (excludes halogenated alkanes) is 5. The van der Waals surface area contributed by atoms with E-state index in [1.165, 1.54) is 0 Å². The zero-order valence-electron chi connectivity index (χ0n) is 25.1. The molecule has 9 heteroatoms. The number of phenols is 1. The van der Waals surface area contributed by atoms with E-state index in [1.807, 2.05) is 6.26 Å². The van der Waals surface area contributed by atoms with Crippen LogP contribution in [0.25, 0.3) is 0 Å². The monoisotopic (exact) mass is 565 g/mol. The Balaban J connectivity index is 3.46. The molecule has 3 N–H and O–H groups in total. The largest absolute Gasteiger partial charge is 0.508 e. The topological polar surface area (TPSA) is 108 Å². The molecule has 0 fully saturated rings. The minimum Gasteiger partial charge on any atom is -0.508 e. The molecule has 39 heavy (non-hydrogen) atoms. The fourth-order valence-electron chi connectivity index (χ4n) is 4.22. The van der Waals surface area contributed by atoms with Crippen molar-refractivity contribution < 1.29 is 24.2 Å². The number of hydrogen-bond acceptors (Lipinski definition) is 6. The highest BCUT2D eigenvalue weighted by Crippen LogP contribution is 2.28. The Morgan fingerprint density at radius 2 is 1.72 bits per heavy atom. The molecule has 0 spiro atoms.